The van der Waals surface area contributed by atoms with Crippen molar-refractivity contribution in [1.29, 1.82) is 5.26 Å². The second-order valence-corrected chi connectivity index (χ2v) is 4.63. The molecule has 0 radical (unpaired) electrons. The molecule has 0 aliphatic heterocycles. The fourth-order valence-electron chi connectivity index (χ4n) is 1.50. The van der Waals surface area contributed by atoms with Crippen molar-refractivity contribution < 1.29 is 0 Å². The molecular formula is C14H13N3S. The minimum absolute atomic E-state index is 0.574. The fourth-order valence-corrected chi connectivity index (χ4v) is 1.91. The third-order valence-corrected chi connectivity index (χ3v) is 3.27. The van der Waals surface area contributed by atoms with Crippen LogP contribution in [0, 0.1) is 11.3 Å². The normalized spacial score (nSPS) is 9.78. The average Bonchev–Trinajstić information content (AvgIpc) is 2.46. The smallest absolute Gasteiger partial charge is 0.126 e. The predicted octanol–water partition coefficient (Wildman–Crippen LogP) is 3.29. The molecule has 0 bridgehead atoms. The zero-order valence-corrected chi connectivity index (χ0v) is 10.9. The second-order valence-electron chi connectivity index (χ2n) is 3.75. The number of nitrogens with one attached hydrogen (secondary N) is 1. The maximum absolute atomic E-state index is 8.67. The third kappa shape index (κ3) is 3.25. The van der Waals surface area contributed by atoms with Gasteiger partial charge in [0.15, 0.2) is 0 Å². The van der Waals surface area contributed by atoms with Gasteiger partial charge in [0.05, 0.1) is 5.56 Å². The van der Waals surface area contributed by atoms with Gasteiger partial charge in [0.1, 0.15) is 11.9 Å². The van der Waals surface area contributed by atoms with Crippen LogP contribution in [0.3, 0.4) is 0 Å². The van der Waals surface area contributed by atoms with Crippen LogP contribution in [0.2, 0.25) is 0 Å². The van der Waals surface area contributed by atoms with Crippen molar-refractivity contribution >= 4 is 17.6 Å². The Labute approximate surface area is 111 Å². The van der Waals surface area contributed by atoms with Gasteiger partial charge in [-0.3, -0.25) is 0 Å². The lowest BCUT2D eigenvalue weighted by Crippen LogP contribution is -2.01. The molecule has 4 heteroatoms. The summed E-state index contributed by atoms with van der Waals surface area (Å²) in [5.74, 6) is 0.781. The molecule has 0 atom stereocenters. The zero-order chi connectivity index (χ0) is 12.8. The molecule has 0 aliphatic rings. The number of anilines is 1. The van der Waals surface area contributed by atoms with Crippen molar-refractivity contribution in [2.75, 3.05) is 11.6 Å². The first-order chi connectivity index (χ1) is 8.81. The van der Waals surface area contributed by atoms with Crippen molar-refractivity contribution in [3.05, 3.63) is 53.7 Å². The number of thioether (sulfide) groups is 1. The van der Waals surface area contributed by atoms with Gasteiger partial charge in [-0.1, -0.05) is 12.1 Å². The Morgan fingerprint density at radius 3 is 2.56 bits per heavy atom. The van der Waals surface area contributed by atoms with Crippen LogP contribution in [-0.4, -0.2) is 11.2 Å². The molecule has 2 rings (SSSR count). The van der Waals surface area contributed by atoms with Crippen LogP contribution in [0.25, 0.3) is 0 Å². The topological polar surface area (TPSA) is 48.7 Å². The molecule has 90 valence electrons. The molecule has 0 aliphatic carbocycles. The van der Waals surface area contributed by atoms with E-state index in [0.29, 0.717) is 5.56 Å². The van der Waals surface area contributed by atoms with Crippen LogP contribution < -0.4 is 5.32 Å². The lowest BCUT2D eigenvalue weighted by Gasteiger charge is -2.06. The van der Waals surface area contributed by atoms with E-state index in [-0.39, 0.29) is 0 Å². The van der Waals surface area contributed by atoms with Crippen LogP contribution in [0.15, 0.2) is 47.5 Å². The second kappa shape index (κ2) is 6.08. The van der Waals surface area contributed by atoms with Gasteiger partial charge >= 0.3 is 0 Å². The number of nitrogens with zero attached hydrogens (tertiary/aromatic N) is 2. The highest BCUT2D eigenvalue weighted by Gasteiger charge is 1.96. The van der Waals surface area contributed by atoms with Crippen LogP contribution in [0.1, 0.15) is 11.1 Å². The van der Waals surface area contributed by atoms with E-state index in [1.807, 2.05) is 12.1 Å². The molecule has 18 heavy (non-hydrogen) atoms. The fraction of sp³-hybridized carbons (Fsp3) is 0.143. The van der Waals surface area contributed by atoms with E-state index in [1.165, 1.54) is 10.5 Å². The summed E-state index contributed by atoms with van der Waals surface area (Å²) in [6.45, 7) is 0.730. The maximum Gasteiger partial charge on any atom is 0.126 e. The summed E-state index contributed by atoms with van der Waals surface area (Å²) in [7, 11) is 0. The molecule has 0 amide bonds. The first kappa shape index (κ1) is 12.5. The Hall–Kier alpha value is -1.99. The standard InChI is InChI=1S/C14H13N3S/c1-18-13-5-2-11(3-6-13)9-16-14-7-4-12(8-15)10-17-14/h2-7,10H,9H2,1H3,(H,16,17). The number of benzene rings is 1. The van der Waals surface area contributed by atoms with Crippen LogP contribution >= 0.6 is 11.8 Å². The largest absolute Gasteiger partial charge is 0.366 e. The van der Waals surface area contributed by atoms with Gasteiger partial charge in [0.2, 0.25) is 0 Å². The summed E-state index contributed by atoms with van der Waals surface area (Å²) in [4.78, 5) is 5.42. The lowest BCUT2D eigenvalue weighted by atomic mass is 10.2. The van der Waals surface area contributed by atoms with Crippen molar-refractivity contribution in [2.24, 2.45) is 0 Å². The van der Waals surface area contributed by atoms with Gasteiger partial charge in [0, 0.05) is 17.6 Å². The highest BCUT2D eigenvalue weighted by molar-refractivity contribution is 7.98. The summed E-state index contributed by atoms with van der Waals surface area (Å²) < 4.78 is 0. The Morgan fingerprint density at radius 1 is 1.22 bits per heavy atom. The Kier molecular flexibility index (Phi) is 4.21. The monoisotopic (exact) mass is 255 g/mol. The molecule has 0 fully saturated rings. The Bertz CT molecular complexity index is 541. The number of hydrogen-bond acceptors (Lipinski definition) is 4. The van der Waals surface area contributed by atoms with Gasteiger partial charge in [-0.15, -0.1) is 11.8 Å². The van der Waals surface area contributed by atoms with E-state index >= 15 is 0 Å². The minimum atomic E-state index is 0.574. The van der Waals surface area contributed by atoms with E-state index in [1.54, 1.807) is 24.0 Å². The van der Waals surface area contributed by atoms with Gasteiger partial charge in [-0.05, 0) is 36.1 Å². The van der Waals surface area contributed by atoms with Crippen molar-refractivity contribution in [3.8, 4) is 6.07 Å². The van der Waals surface area contributed by atoms with Crippen molar-refractivity contribution in [3.63, 3.8) is 0 Å². The molecule has 0 saturated carbocycles. The molecule has 0 unspecified atom stereocenters. The summed E-state index contributed by atoms with van der Waals surface area (Å²) in [5, 5.41) is 11.9. The van der Waals surface area contributed by atoms with E-state index < -0.39 is 0 Å². The van der Waals surface area contributed by atoms with Gasteiger partial charge in [-0.25, -0.2) is 4.98 Å². The highest BCUT2D eigenvalue weighted by Crippen LogP contribution is 2.15. The van der Waals surface area contributed by atoms with Crippen LogP contribution in [0.4, 0.5) is 5.82 Å². The maximum atomic E-state index is 8.67. The van der Waals surface area contributed by atoms with E-state index in [4.69, 9.17) is 5.26 Å². The number of hydrogen-bond donors (Lipinski definition) is 1. The SMILES string of the molecule is CSc1ccc(CNc2ccc(C#N)cn2)cc1. The van der Waals surface area contributed by atoms with Crippen molar-refractivity contribution in [2.45, 2.75) is 11.4 Å². The van der Waals surface area contributed by atoms with E-state index in [9.17, 15) is 0 Å². The van der Waals surface area contributed by atoms with Gasteiger partial charge in [-0.2, -0.15) is 5.26 Å². The molecule has 1 aromatic heterocycles. The molecule has 1 N–H and O–H groups in total. The van der Waals surface area contributed by atoms with Gasteiger partial charge in [0.25, 0.3) is 0 Å². The molecule has 0 saturated heterocycles. The molecular weight excluding hydrogens is 242 g/mol. The summed E-state index contributed by atoms with van der Waals surface area (Å²) in [6, 6.07) is 14.0. The van der Waals surface area contributed by atoms with Crippen LogP contribution in [-0.2, 0) is 6.54 Å². The molecule has 1 aromatic carbocycles. The number of aromatic nitrogens is 1. The van der Waals surface area contributed by atoms with E-state index in [0.717, 1.165) is 12.4 Å². The summed E-state index contributed by atoms with van der Waals surface area (Å²) in [6.07, 6.45) is 3.63. The Balaban J connectivity index is 1.95. The molecule has 2 aromatic rings. The first-order valence-corrected chi connectivity index (χ1v) is 6.77. The zero-order valence-electron chi connectivity index (χ0n) is 10.1. The first-order valence-electron chi connectivity index (χ1n) is 5.55. The third-order valence-electron chi connectivity index (χ3n) is 2.53. The number of rotatable bonds is 4. The number of nitriles is 1. The van der Waals surface area contributed by atoms with E-state index in [2.05, 4.69) is 40.8 Å². The number of pyridine rings is 1. The quantitative estimate of drug-likeness (QED) is 0.852. The summed E-state index contributed by atoms with van der Waals surface area (Å²) in [5.41, 5.74) is 1.78. The summed E-state index contributed by atoms with van der Waals surface area (Å²) >= 11 is 1.73. The van der Waals surface area contributed by atoms with Gasteiger partial charge < -0.3 is 5.32 Å². The Morgan fingerprint density at radius 2 is 2.00 bits per heavy atom. The molecule has 1 heterocycles. The minimum Gasteiger partial charge on any atom is -0.366 e. The molecule has 0 spiro atoms. The van der Waals surface area contributed by atoms with Crippen LogP contribution in [0.5, 0.6) is 0 Å². The average molecular weight is 255 g/mol. The lowest BCUT2D eigenvalue weighted by molar-refractivity contribution is 1.10. The molecule has 3 nitrogen and oxygen atoms in total. The predicted molar refractivity (Wildman–Crippen MR) is 74.5 cm³/mol. The van der Waals surface area contributed by atoms with Crippen molar-refractivity contribution in [1.82, 2.24) is 4.98 Å². The highest BCUT2D eigenvalue weighted by atomic mass is 32.2.